The van der Waals surface area contributed by atoms with Gasteiger partial charge in [0.1, 0.15) is 4.21 Å². The van der Waals surface area contributed by atoms with Crippen molar-refractivity contribution in [3.05, 3.63) is 44.7 Å². The van der Waals surface area contributed by atoms with Crippen LogP contribution in [0.4, 0.5) is 5.69 Å². The highest BCUT2D eigenvalue weighted by atomic mass is 79.9. The maximum Gasteiger partial charge on any atom is 0.271 e. The predicted octanol–water partition coefficient (Wildman–Crippen LogP) is 3.68. The molecule has 2 rings (SSSR count). The lowest BCUT2D eigenvalue weighted by atomic mass is 10.3. The molecule has 0 aliphatic carbocycles. The van der Waals surface area contributed by atoms with Gasteiger partial charge >= 0.3 is 0 Å². The fourth-order valence-electron chi connectivity index (χ4n) is 1.56. The van der Waals surface area contributed by atoms with Crippen LogP contribution in [0.15, 0.2) is 38.3 Å². The van der Waals surface area contributed by atoms with E-state index in [0.717, 1.165) is 10.0 Å². The van der Waals surface area contributed by atoms with E-state index in [-0.39, 0.29) is 4.21 Å². The molecule has 2 N–H and O–H groups in total. The Balaban J connectivity index is 2.26. The highest BCUT2D eigenvalue weighted by Crippen LogP contribution is 2.29. The van der Waals surface area contributed by atoms with Crippen molar-refractivity contribution in [1.29, 1.82) is 0 Å². The fraction of sp³-hybridized carbons (Fsp3) is 0.167. The summed E-state index contributed by atoms with van der Waals surface area (Å²) in [6.07, 6.45) is 0. The van der Waals surface area contributed by atoms with Crippen molar-refractivity contribution >= 4 is 54.6 Å². The van der Waals surface area contributed by atoms with Crippen molar-refractivity contribution in [2.24, 2.45) is 0 Å². The van der Waals surface area contributed by atoms with Crippen LogP contribution in [0.2, 0.25) is 5.02 Å². The Kier molecular flexibility index (Phi) is 5.09. The summed E-state index contributed by atoms with van der Waals surface area (Å²) in [7, 11) is -1.79. The number of thiophene rings is 1. The van der Waals surface area contributed by atoms with E-state index in [9.17, 15) is 8.42 Å². The largest absolute Gasteiger partial charge is 0.316 e. The van der Waals surface area contributed by atoms with Crippen molar-refractivity contribution in [3.63, 3.8) is 0 Å². The molecule has 0 spiro atoms. The van der Waals surface area contributed by atoms with Crippen LogP contribution in [0.5, 0.6) is 0 Å². The minimum Gasteiger partial charge on any atom is -0.316 e. The first-order chi connectivity index (χ1) is 9.42. The van der Waals surface area contributed by atoms with Gasteiger partial charge in [0.25, 0.3) is 10.0 Å². The van der Waals surface area contributed by atoms with Crippen LogP contribution in [0.25, 0.3) is 0 Å². The zero-order valence-corrected chi connectivity index (χ0v) is 14.5. The fourth-order valence-corrected chi connectivity index (χ4v) is 4.62. The number of nitrogens with one attached hydrogen (secondary N) is 2. The van der Waals surface area contributed by atoms with Gasteiger partial charge in [-0.15, -0.1) is 11.3 Å². The monoisotopic (exact) mass is 394 g/mol. The lowest BCUT2D eigenvalue weighted by Gasteiger charge is -2.08. The molecular formula is C12H12BrClN2O2S2. The smallest absolute Gasteiger partial charge is 0.271 e. The molecule has 0 fully saturated rings. The Morgan fingerprint density at radius 2 is 2.10 bits per heavy atom. The van der Waals surface area contributed by atoms with Gasteiger partial charge in [0, 0.05) is 11.0 Å². The molecule has 4 nitrogen and oxygen atoms in total. The van der Waals surface area contributed by atoms with E-state index >= 15 is 0 Å². The molecule has 0 atom stereocenters. The van der Waals surface area contributed by atoms with Gasteiger partial charge in [-0.1, -0.05) is 27.5 Å². The minimum absolute atomic E-state index is 0.265. The molecule has 1 heterocycles. The molecule has 0 amide bonds. The maximum atomic E-state index is 12.3. The van der Waals surface area contributed by atoms with Gasteiger partial charge in [0.05, 0.1) is 10.7 Å². The molecule has 1 aromatic heterocycles. The number of benzene rings is 1. The third-order valence-electron chi connectivity index (χ3n) is 2.45. The quantitative estimate of drug-likeness (QED) is 0.812. The van der Waals surface area contributed by atoms with Crippen molar-refractivity contribution in [2.45, 2.75) is 10.8 Å². The van der Waals surface area contributed by atoms with Crippen molar-refractivity contribution in [2.75, 3.05) is 11.8 Å². The highest BCUT2D eigenvalue weighted by Gasteiger charge is 2.18. The van der Waals surface area contributed by atoms with Crippen molar-refractivity contribution in [1.82, 2.24) is 5.32 Å². The molecule has 0 saturated heterocycles. The second-order valence-corrected chi connectivity index (χ2v) is 8.18. The molecule has 0 unspecified atom stereocenters. The van der Waals surface area contributed by atoms with Crippen LogP contribution in [-0.2, 0) is 16.6 Å². The summed E-state index contributed by atoms with van der Waals surface area (Å²) < 4.78 is 28.1. The summed E-state index contributed by atoms with van der Waals surface area (Å²) in [4.78, 5) is 0. The SMILES string of the molecule is CNCc1csc(S(=O)(=O)Nc2ccc(Br)cc2Cl)c1. The van der Waals surface area contributed by atoms with Gasteiger partial charge in [0.2, 0.25) is 0 Å². The van der Waals surface area contributed by atoms with Crippen LogP contribution in [0.3, 0.4) is 0 Å². The average Bonchev–Trinajstić information content (AvgIpc) is 2.83. The summed E-state index contributed by atoms with van der Waals surface area (Å²) in [6, 6.07) is 6.63. The van der Waals surface area contributed by atoms with Gasteiger partial charge in [0.15, 0.2) is 0 Å². The first-order valence-corrected chi connectivity index (χ1v) is 9.15. The molecule has 2 aromatic rings. The summed E-state index contributed by atoms with van der Waals surface area (Å²) in [5.74, 6) is 0. The van der Waals surface area contributed by atoms with Gasteiger partial charge in [-0.3, -0.25) is 4.72 Å². The number of rotatable bonds is 5. The van der Waals surface area contributed by atoms with E-state index in [1.807, 2.05) is 12.4 Å². The predicted molar refractivity (Wildman–Crippen MR) is 87.0 cm³/mol. The topological polar surface area (TPSA) is 58.2 Å². The molecule has 0 bridgehead atoms. The molecule has 20 heavy (non-hydrogen) atoms. The van der Waals surface area contributed by atoms with Crippen molar-refractivity contribution in [3.8, 4) is 0 Å². The molecule has 1 aromatic carbocycles. The third-order valence-corrected chi connectivity index (χ3v) is 6.11. The first-order valence-electron chi connectivity index (χ1n) is 5.62. The highest BCUT2D eigenvalue weighted by molar-refractivity contribution is 9.10. The molecule has 0 saturated carbocycles. The number of hydrogen-bond donors (Lipinski definition) is 2. The molecule has 0 radical (unpaired) electrons. The summed E-state index contributed by atoms with van der Waals surface area (Å²) >= 11 is 10.5. The number of sulfonamides is 1. The average molecular weight is 396 g/mol. The number of anilines is 1. The third kappa shape index (κ3) is 3.73. The van der Waals surface area contributed by atoms with Crippen LogP contribution in [-0.4, -0.2) is 15.5 Å². The Bertz CT molecular complexity index is 716. The molecule has 0 aliphatic heterocycles. The Morgan fingerprint density at radius 1 is 1.35 bits per heavy atom. The summed E-state index contributed by atoms with van der Waals surface area (Å²) in [5.41, 5.74) is 1.29. The maximum absolute atomic E-state index is 12.3. The molecular weight excluding hydrogens is 384 g/mol. The zero-order chi connectivity index (χ0) is 14.8. The van der Waals surface area contributed by atoms with E-state index in [0.29, 0.717) is 17.3 Å². The summed E-state index contributed by atoms with van der Waals surface area (Å²) in [5, 5.41) is 5.14. The van der Waals surface area contributed by atoms with E-state index in [2.05, 4.69) is 26.0 Å². The number of halogens is 2. The van der Waals surface area contributed by atoms with E-state index in [1.54, 1.807) is 24.3 Å². The Labute approximate surface area is 135 Å². The normalized spacial score (nSPS) is 11.6. The van der Waals surface area contributed by atoms with Gasteiger partial charge < -0.3 is 5.32 Å². The van der Waals surface area contributed by atoms with E-state index in [4.69, 9.17) is 11.6 Å². The Hall–Kier alpha value is -0.600. The van der Waals surface area contributed by atoms with E-state index in [1.165, 1.54) is 11.3 Å². The van der Waals surface area contributed by atoms with Gasteiger partial charge in [-0.05, 0) is 42.3 Å². The van der Waals surface area contributed by atoms with E-state index < -0.39 is 10.0 Å². The number of hydrogen-bond acceptors (Lipinski definition) is 4. The lowest BCUT2D eigenvalue weighted by Crippen LogP contribution is -2.12. The molecule has 0 aliphatic rings. The van der Waals surface area contributed by atoms with Crippen LogP contribution in [0, 0.1) is 0 Å². The van der Waals surface area contributed by atoms with Crippen LogP contribution >= 0.6 is 38.9 Å². The summed E-state index contributed by atoms with van der Waals surface area (Å²) in [6.45, 7) is 0.630. The van der Waals surface area contributed by atoms with Crippen LogP contribution in [0.1, 0.15) is 5.56 Å². The second kappa shape index (κ2) is 6.44. The zero-order valence-electron chi connectivity index (χ0n) is 10.5. The van der Waals surface area contributed by atoms with Gasteiger partial charge in [-0.25, -0.2) is 8.42 Å². The second-order valence-electron chi connectivity index (χ2n) is 4.03. The van der Waals surface area contributed by atoms with Crippen LogP contribution < -0.4 is 10.0 Å². The van der Waals surface area contributed by atoms with Gasteiger partial charge in [-0.2, -0.15) is 0 Å². The minimum atomic E-state index is -3.61. The Morgan fingerprint density at radius 3 is 2.75 bits per heavy atom. The first kappa shape index (κ1) is 15.8. The standard InChI is InChI=1S/C12H12BrClN2O2S2/c1-15-6-8-4-12(19-7-8)20(17,18)16-11-3-2-9(13)5-10(11)14/h2-5,7,15-16H,6H2,1H3. The lowest BCUT2D eigenvalue weighted by molar-refractivity contribution is 0.603. The molecule has 8 heteroatoms. The molecule has 108 valence electrons. The van der Waals surface area contributed by atoms with Crippen molar-refractivity contribution < 1.29 is 8.42 Å².